The van der Waals surface area contributed by atoms with Gasteiger partial charge < -0.3 is 10.1 Å². The molecule has 1 atom stereocenters. The molecule has 2 aromatic rings. The maximum Gasteiger partial charge on any atom is 0.267 e. The smallest absolute Gasteiger partial charge is 0.267 e. The second-order valence-electron chi connectivity index (χ2n) is 9.00. The number of thiazole rings is 1. The first-order chi connectivity index (χ1) is 16.0. The number of carbonyl (C=O) groups is 3. The third kappa shape index (κ3) is 4.75. The van der Waals surface area contributed by atoms with Crippen LogP contribution in [0.3, 0.4) is 0 Å². The second kappa shape index (κ2) is 9.61. The number of aromatic nitrogens is 1. The molecule has 2 aromatic heterocycles. The SMILES string of the molecule is O=C(Nc1nc2c(s1)C(=O)C[C@H](C(=O)NCC1(N3CCOCC3)CCCC1)C2)c1cccs1. The lowest BCUT2D eigenvalue weighted by molar-refractivity contribution is -0.126. The number of anilines is 1. The van der Waals surface area contributed by atoms with Crippen LogP contribution in [0.2, 0.25) is 0 Å². The number of thiophene rings is 1. The molecule has 0 bridgehead atoms. The first-order valence-corrected chi connectivity index (χ1v) is 13.2. The summed E-state index contributed by atoms with van der Waals surface area (Å²) >= 11 is 2.55. The highest BCUT2D eigenvalue weighted by molar-refractivity contribution is 7.18. The minimum atomic E-state index is -0.420. The van der Waals surface area contributed by atoms with E-state index in [4.69, 9.17) is 4.74 Å². The Morgan fingerprint density at radius 1 is 1.21 bits per heavy atom. The summed E-state index contributed by atoms with van der Waals surface area (Å²) in [6.45, 7) is 3.90. The van der Waals surface area contributed by atoms with E-state index in [2.05, 4.69) is 20.5 Å². The van der Waals surface area contributed by atoms with Crippen LogP contribution in [0, 0.1) is 5.92 Å². The number of hydrogen-bond donors (Lipinski definition) is 2. The van der Waals surface area contributed by atoms with E-state index in [1.54, 1.807) is 6.07 Å². The highest BCUT2D eigenvalue weighted by atomic mass is 32.1. The van der Waals surface area contributed by atoms with Gasteiger partial charge in [0.2, 0.25) is 5.91 Å². The largest absolute Gasteiger partial charge is 0.379 e. The van der Waals surface area contributed by atoms with Gasteiger partial charge in [-0.1, -0.05) is 30.2 Å². The number of carbonyl (C=O) groups excluding carboxylic acids is 3. The van der Waals surface area contributed by atoms with Crippen molar-refractivity contribution in [1.82, 2.24) is 15.2 Å². The van der Waals surface area contributed by atoms with Crippen molar-refractivity contribution >= 4 is 45.4 Å². The van der Waals surface area contributed by atoms with Crippen LogP contribution in [0.15, 0.2) is 17.5 Å². The van der Waals surface area contributed by atoms with Crippen LogP contribution in [-0.2, 0) is 16.0 Å². The van der Waals surface area contributed by atoms with Gasteiger partial charge in [0, 0.05) is 38.0 Å². The second-order valence-corrected chi connectivity index (χ2v) is 11.0. The highest BCUT2D eigenvalue weighted by Gasteiger charge is 2.41. The Labute approximate surface area is 200 Å². The first-order valence-electron chi connectivity index (χ1n) is 11.5. The maximum atomic E-state index is 13.1. The van der Waals surface area contributed by atoms with Crippen LogP contribution in [-0.4, -0.2) is 65.9 Å². The fourth-order valence-corrected chi connectivity index (χ4v) is 6.76. The minimum absolute atomic E-state index is 0.00313. The van der Waals surface area contributed by atoms with Crippen molar-refractivity contribution in [1.29, 1.82) is 0 Å². The number of nitrogens with zero attached hydrogens (tertiary/aromatic N) is 2. The predicted octanol–water partition coefficient (Wildman–Crippen LogP) is 2.96. The lowest BCUT2D eigenvalue weighted by Crippen LogP contribution is -2.58. The van der Waals surface area contributed by atoms with Crippen molar-refractivity contribution in [3.63, 3.8) is 0 Å². The molecule has 8 nitrogen and oxygen atoms in total. The zero-order valence-corrected chi connectivity index (χ0v) is 20.1. The van der Waals surface area contributed by atoms with E-state index in [0.717, 1.165) is 39.1 Å². The first kappa shape index (κ1) is 22.6. The molecule has 3 heterocycles. The number of morpholine rings is 1. The summed E-state index contributed by atoms with van der Waals surface area (Å²) < 4.78 is 5.52. The molecular formula is C23H28N4O4S2. The monoisotopic (exact) mass is 488 g/mol. The van der Waals surface area contributed by atoms with Crippen molar-refractivity contribution < 1.29 is 19.1 Å². The van der Waals surface area contributed by atoms with Crippen molar-refractivity contribution in [3.05, 3.63) is 33.0 Å². The van der Waals surface area contributed by atoms with E-state index in [-0.39, 0.29) is 29.6 Å². The molecule has 0 spiro atoms. The molecule has 1 saturated heterocycles. The van der Waals surface area contributed by atoms with Gasteiger partial charge in [0.15, 0.2) is 10.9 Å². The zero-order valence-electron chi connectivity index (χ0n) is 18.4. The summed E-state index contributed by atoms with van der Waals surface area (Å²) in [6.07, 6.45) is 5.13. The summed E-state index contributed by atoms with van der Waals surface area (Å²) in [5.41, 5.74) is 0.616. The fraction of sp³-hybridized carbons (Fsp3) is 0.565. The van der Waals surface area contributed by atoms with E-state index in [1.165, 1.54) is 35.5 Å². The Kier molecular flexibility index (Phi) is 6.60. The molecule has 0 radical (unpaired) electrons. The number of ether oxygens (including phenoxy) is 1. The average molecular weight is 489 g/mol. The van der Waals surface area contributed by atoms with E-state index in [0.29, 0.717) is 33.5 Å². The van der Waals surface area contributed by atoms with Gasteiger partial charge in [-0.15, -0.1) is 11.3 Å². The van der Waals surface area contributed by atoms with E-state index in [1.807, 2.05) is 11.4 Å². The van der Waals surface area contributed by atoms with Crippen LogP contribution in [0.1, 0.15) is 57.1 Å². The normalized spacial score (nSPS) is 22.7. The van der Waals surface area contributed by atoms with Crippen molar-refractivity contribution in [2.24, 2.45) is 5.92 Å². The summed E-state index contributed by atoms with van der Waals surface area (Å²) in [5, 5.41) is 8.20. The molecule has 2 amide bonds. The molecule has 5 rings (SSSR count). The third-order valence-electron chi connectivity index (χ3n) is 6.97. The minimum Gasteiger partial charge on any atom is -0.379 e. The standard InChI is InChI=1S/C23H28N4O4S2/c28-17-13-15(12-16-19(17)33-22(25-16)26-21(30)18-4-3-11-32-18)20(29)24-14-23(5-1-2-6-23)27-7-9-31-10-8-27/h3-4,11,15H,1-2,5-10,12-14H2,(H,24,29)(H,25,26,30)/t15-/m1/s1. The number of amides is 2. The Hall–Kier alpha value is -2.14. The summed E-state index contributed by atoms with van der Waals surface area (Å²) in [5.74, 6) is -0.807. The Bertz CT molecular complexity index is 1020. The zero-order chi connectivity index (χ0) is 22.8. The molecule has 0 unspecified atom stereocenters. The van der Waals surface area contributed by atoms with Gasteiger partial charge >= 0.3 is 0 Å². The molecule has 0 aromatic carbocycles. The van der Waals surface area contributed by atoms with Gasteiger partial charge in [-0.2, -0.15) is 0 Å². The van der Waals surface area contributed by atoms with Gasteiger partial charge in [0.05, 0.1) is 34.6 Å². The van der Waals surface area contributed by atoms with E-state index in [9.17, 15) is 14.4 Å². The van der Waals surface area contributed by atoms with Crippen LogP contribution in [0.25, 0.3) is 0 Å². The topological polar surface area (TPSA) is 101 Å². The van der Waals surface area contributed by atoms with Gasteiger partial charge in [0.1, 0.15) is 0 Å². The Morgan fingerprint density at radius 3 is 2.73 bits per heavy atom. The van der Waals surface area contributed by atoms with E-state index >= 15 is 0 Å². The molecular weight excluding hydrogens is 460 g/mol. The highest BCUT2D eigenvalue weighted by Crippen LogP contribution is 2.36. The lowest BCUT2D eigenvalue weighted by Gasteiger charge is -2.43. The van der Waals surface area contributed by atoms with Gasteiger partial charge in [-0.3, -0.25) is 24.6 Å². The maximum absolute atomic E-state index is 13.1. The Balaban J connectivity index is 1.22. The van der Waals surface area contributed by atoms with Crippen molar-refractivity contribution in [2.75, 3.05) is 38.2 Å². The molecule has 176 valence electrons. The van der Waals surface area contributed by atoms with Crippen LogP contribution in [0.4, 0.5) is 5.13 Å². The molecule has 2 fully saturated rings. The van der Waals surface area contributed by atoms with Crippen LogP contribution < -0.4 is 10.6 Å². The van der Waals surface area contributed by atoms with Crippen molar-refractivity contribution in [3.8, 4) is 0 Å². The molecule has 10 heteroatoms. The molecule has 2 N–H and O–H groups in total. The number of rotatable bonds is 6. The molecule has 1 aliphatic heterocycles. The predicted molar refractivity (Wildman–Crippen MR) is 127 cm³/mol. The summed E-state index contributed by atoms with van der Waals surface area (Å²) in [7, 11) is 0. The number of Topliss-reactive ketones (excluding diaryl/α,β-unsaturated/α-hetero) is 1. The number of ketones is 1. The molecule has 33 heavy (non-hydrogen) atoms. The average Bonchev–Trinajstić information content (AvgIpc) is 3.59. The number of fused-ring (bicyclic) bond motifs is 1. The van der Waals surface area contributed by atoms with Gasteiger partial charge in [0.25, 0.3) is 5.91 Å². The fourth-order valence-electron chi connectivity index (χ4n) is 5.21. The van der Waals surface area contributed by atoms with Crippen molar-refractivity contribution in [2.45, 2.75) is 44.1 Å². The number of hydrogen-bond acceptors (Lipinski definition) is 8. The van der Waals surface area contributed by atoms with Gasteiger partial charge in [-0.25, -0.2) is 4.98 Å². The van der Waals surface area contributed by atoms with Crippen LogP contribution >= 0.6 is 22.7 Å². The Morgan fingerprint density at radius 2 is 2.00 bits per heavy atom. The van der Waals surface area contributed by atoms with Crippen LogP contribution in [0.5, 0.6) is 0 Å². The quantitative estimate of drug-likeness (QED) is 0.649. The summed E-state index contributed by atoms with van der Waals surface area (Å²) in [4.78, 5) is 46.3. The number of nitrogens with one attached hydrogen (secondary N) is 2. The molecule has 1 saturated carbocycles. The lowest BCUT2D eigenvalue weighted by atomic mass is 9.88. The molecule has 2 aliphatic carbocycles. The van der Waals surface area contributed by atoms with Gasteiger partial charge in [-0.05, 0) is 24.3 Å². The summed E-state index contributed by atoms with van der Waals surface area (Å²) in [6, 6.07) is 3.56. The third-order valence-corrected chi connectivity index (χ3v) is 8.89. The molecule has 3 aliphatic rings. The van der Waals surface area contributed by atoms with E-state index < -0.39 is 5.92 Å².